The predicted octanol–water partition coefficient (Wildman–Crippen LogP) is 8.52. The van der Waals surface area contributed by atoms with E-state index in [4.69, 9.17) is 0 Å². The molecule has 2 nitrogen and oxygen atoms in total. The number of hydrogen-bond acceptors (Lipinski definition) is 2. The number of fused-ring (bicyclic) bond motifs is 6. The molecule has 0 spiro atoms. The van der Waals surface area contributed by atoms with Crippen molar-refractivity contribution in [2.45, 2.75) is 0 Å². The summed E-state index contributed by atoms with van der Waals surface area (Å²) in [5.74, 6) is 0.340. The summed E-state index contributed by atoms with van der Waals surface area (Å²) in [4.78, 5) is 0. The Morgan fingerprint density at radius 3 is 2.15 bits per heavy atom. The summed E-state index contributed by atoms with van der Waals surface area (Å²) < 4.78 is 4.63. The molecule has 0 fully saturated rings. The molecule has 0 amide bonds. The topological polar surface area (TPSA) is 25.2 Å². The number of aromatic hydroxyl groups is 1. The van der Waals surface area contributed by atoms with Crippen LogP contribution in [0, 0.1) is 0 Å². The zero-order valence-corrected chi connectivity index (χ0v) is 18.5. The molecule has 0 aliphatic carbocycles. The van der Waals surface area contributed by atoms with Gasteiger partial charge in [-0.05, 0) is 59.7 Å². The summed E-state index contributed by atoms with van der Waals surface area (Å²) in [5.41, 5.74) is 5.66. The molecule has 1 N–H and O–H groups in total. The number of nitrogens with zero attached hydrogens (tertiary/aromatic N) is 1. The number of phenols is 1. The molecule has 3 heteroatoms. The second-order valence-corrected chi connectivity index (χ2v) is 9.47. The number of aromatic nitrogens is 1. The lowest BCUT2D eigenvalue weighted by Crippen LogP contribution is -1.92. The van der Waals surface area contributed by atoms with Gasteiger partial charge in [-0.2, -0.15) is 0 Å². The van der Waals surface area contributed by atoms with E-state index in [-0.39, 0.29) is 0 Å². The van der Waals surface area contributed by atoms with E-state index in [9.17, 15) is 5.11 Å². The second kappa shape index (κ2) is 6.96. The normalized spacial score (nSPS) is 11.8. The lowest BCUT2D eigenvalue weighted by Gasteiger charge is -2.08. The van der Waals surface area contributed by atoms with E-state index in [2.05, 4.69) is 89.5 Å². The fourth-order valence-electron chi connectivity index (χ4n) is 5.01. The Morgan fingerprint density at radius 1 is 0.545 bits per heavy atom. The van der Waals surface area contributed by atoms with Crippen LogP contribution in [0.2, 0.25) is 0 Å². The van der Waals surface area contributed by atoms with Crippen molar-refractivity contribution in [3.05, 3.63) is 109 Å². The van der Waals surface area contributed by atoms with Gasteiger partial charge in [-0.25, -0.2) is 0 Å². The van der Waals surface area contributed by atoms with E-state index >= 15 is 0 Å². The van der Waals surface area contributed by atoms with Gasteiger partial charge in [0.2, 0.25) is 0 Å². The summed E-state index contributed by atoms with van der Waals surface area (Å²) in [6, 6.07) is 38.0. The zero-order chi connectivity index (χ0) is 21.9. The number of hydrogen-bond donors (Lipinski definition) is 1. The van der Waals surface area contributed by atoms with Gasteiger partial charge in [0, 0.05) is 36.6 Å². The van der Waals surface area contributed by atoms with Gasteiger partial charge >= 0.3 is 0 Å². The number of rotatable bonds is 2. The van der Waals surface area contributed by atoms with Gasteiger partial charge in [0.15, 0.2) is 0 Å². The van der Waals surface area contributed by atoms with E-state index in [1.807, 2.05) is 24.3 Å². The Hall–Kier alpha value is -4.08. The van der Waals surface area contributed by atoms with Crippen LogP contribution in [0.1, 0.15) is 0 Å². The van der Waals surface area contributed by atoms with Gasteiger partial charge in [0.25, 0.3) is 0 Å². The standard InChI is InChI=1S/C30H19NOS/c32-27-17-20(18-29-30(27)23-11-5-7-13-28(23)33-29)19-14-15-26-24(16-19)22-10-4-6-12-25(22)31(26)21-8-2-1-3-9-21/h1-18,32H. The molecule has 0 saturated carbocycles. The minimum atomic E-state index is 0.340. The minimum Gasteiger partial charge on any atom is -0.507 e. The van der Waals surface area contributed by atoms with Crippen LogP contribution < -0.4 is 0 Å². The number of para-hydroxylation sites is 2. The Labute approximate surface area is 194 Å². The average Bonchev–Trinajstić information content (AvgIpc) is 3.40. The van der Waals surface area contributed by atoms with Gasteiger partial charge in [0.05, 0.1) is 11.0 Å². The highest BCUT2D eigenvalue weighted by Crippen LogP contribution is 2.42. The van der Waals surface area contributed by atoms with Crippen LogP contribution in [0.4, 0.5) is 0 Å². The van der Waals surface area contributed by atoms with Crippen molar-refractivity contribution < 1.29 is 5.11 Å². The molecule has 156 valence electrons. The van der Waals surface area contributed by atoms with E-state index in [1.165, 1.54) is 26.5 Å². The summed E-state index contributed by atoms with van der Waals surface area (Å²) in [6.07, 6.45) is 0. The minimum absolute atomic E-state index is 0.340. The van der Waals surface area contributed by atoms with Crippen LogP contribution in [0.15, 0.2) is 109 Å². The quantitative estimate of drug-likeness (QED) is 0.286. The third kappa shape index (κ3) is 2.73. The van der Waals surface area contributed by atoms with Crippen LogP contribution in [0.3, 0.4) is 0 Å². The van der Waals surface area contributed by atoms with Crippen LogP contribution >= 0.6 is 11.3 Å². The predicted molar refractivity (Wildman–Crippen MR) is 141 cm³/mol. The van der Waals surface area contributed by atoms with Crippen molar-refractivity contribution >= 4 is 53.3 Å². The first-order valence-electron chi connectivity index (χ1n) is 11.0. The molecule has 0 saturated heterocycles. The molecule has 7 aromatic rings. The van der Waals surface area contributed by atoms with Gasteiger partial charge in [-0.15, -0.1) is 11.3 Å². The lowest BCUT2D eigenvalue weighted by molar-refractivity contribution is 0.482. The van der Waals surface area contributed by atoms with Gasteiger partial charge in [-0.3, -0.25) is 0 Å². The first-order valence-corrected chi connectivity index (χ1v) is 11.8. The molecule has 7 rings (SSSR count). The molecule has 33 heavy (non-hydrogen) atoms. The number of benzene rings is 5. The fraction of sp³-hybridized carbons (Fsp3) is 0. The maximum absolute atomic E-state index is 10.9. The summed E-state index contributed by atoms with van der Waals surface area (Å²) in [5, 5.41) is 15.4. The van der Waals surface area contributed by atoms with Crippen molar-refractivity contribution in [1.82, 2.24) is 4.57 Å². The molecule has 0 unspecified atom stereocenters. The van der Waals surface area contributed by atoms with Crippen molar-refractivity contribution in [1.29, 1.82) is 0 Å². The largest absolute Gasteiger partial charge is 0.507 e. The number of phenolic OH excluding ortho intramolecular Hbond substituents is 1. The Morgan fingerprint density at radius 2 is 1.27 bits per heavy atom. The first-order chi connectivity index (χ1) is 16.3. The van der Waals surface area contributed by atoms with Gasteiger partial charge in [-0.1, -0.05) is 60.7 Å². The molecule has 5 aromatic carbocycles. The third-order valence-corrected chi connectivity index (χ3v) is 7.60. The van der Waals surface area contributed by atoms with Crippen LogP contribution in [0.5, 0.6) is 5.75 Å². The monoisotopic (exact) mass is 441 g/mol. The first kappa shape index (κ1) is 18.5. The molecule has 2 aromatic heterocycles. The molecule has 0 aliphatic rings. The molecule has 0 bridgehead atoms. The van der Waals surface area contributed by atoms with E-state index < -0.39 is 0 Å². The molecular formula is C30H19NOS. The van der Waals surface area contributed by atoms with Crippen molar-refractivity contribution in [2.24, 2.45) is 0 Å². The summed E-state index contributed by atoms with van der Waals surface area (Å²) >= 11 is 1.73. The smallest absolute Gasteiger partial charge is 0.125 e. The Balaban J connectivity index is 1.49. The molecule has 0 atom stereocenters. The molecular weight excluding hydrogens is 422 g/mol. The van der Waals surface area contributed by atoms with E-state index in [0.717, 1.165) is 32.3 Å². The highest BCUT2D eigenvalue weighted by atomic mass is 32.1. The highest BCUT2D eigenvalue weighted by Gasteiger charge is 2.15. The van der Waals surface area contributed by atoms with Crippen LogP contribution in [-0.4, -0.2) is 9.67 Å². The van der Waals surface area contributed by atoms with Crippen LogP contribution in [-0.2, 0) is 0 Å². The Kier molecular flexibility index (Phi) is 3.90. The zero-order valence-electron chi connectivity index (χ0n) is 17.7. The van der Waals surface area contributed by atoms with Gasteiger partial charge < -0.3 is 9.67 Å². The molecule has 0 radical (unpaired) electrons. The maximum Gasteiger partial charge on any atom is 0.125 e. The number of thiophene rings is 1. The average molecular weight is 442 g/mol. The SMILES string of the molecule is Oc1cc(-c2ccc3c(c2)c2ccccc2n3-c2ccccc2)cc2sc3ccccc3c12. The van der Waals surface area contributed by atoms with Crippen LogP contribution in [0.25, 0.3) is 58.8 Å². The maximum atomic E-state index is 10.9. The Bertz CT molecular complexity index is 1830. The van der Waals surface area contributed by atoms with E-state index in [1.54, 1.807) is 11.3 Å². The van der Waals surface area contributed by atoms with Crippen molar-refractivity contribution in [2.75, 3.05) is 0 Å². The summed E-state index contributed by atoms with van der Waals surface area (Å²) in [7, 11) is 0. The lowest BCUT2D eigenvalue weighted by atomic mass is 10.0. The summed E-state index contributed by atoms with van der Waals surface area (Å²) in [6.45, 7) is 0. The molecule has 0 aliphatic heterocycles. The fourth-order valence-corrected chi connectivity index (χ4v) is 6.17. The van der Waals surface area contributed by atoms with Crippen molar-refractivity contribution in [3.63, 3.8) is 0 Å². The van der Waals surface area contributed by atoms with Gasteiger partial charge in [0.1, 0.15) is 5.75 Å². The second-order valence-electron chi connectivity index (χ2n) is 8.39. The third-order valence-electron chi connectivity index (χ3n) is 6.48. The highest BCUT2D eigenvalue weighted by molar-refractivity contribution is 7.25. The van der Waals surface area contributed by atoms with E-state index in [0.29, 0.717) is 5.75 Å². The van der Waals surface area contributed by atoms with Crippen molar-refractivity contribution in [3.8, 4) is 22.6 Å². The molecule has 2 heterocycles.